The van der Waals surface area contributed by atoms with Crippen LogP contribution in [0.15, 0.2) is 44.9 Å². The van der Waals surface area contributed by atoms with Crippen LogP contribution < -0.4 is 16.1 Å². The Labute approximate surface area is 109 Å². The number of rotatable bonds is 3. The van der Waals surface area contributed by atoms with Crippen LogP contribution in [0.5, 0.6) is 0 Å². The SMILES string of the molecule is CN(C)c1ccc(C=Nc2cc(=O)[nH]c(=O)[nH]2)cc1. The predicted octanol–water partition coefficient (Wildman–Crippen LogP) is 0.880. The molecule has 1 heterocycles. The van der Waals surface area contributed by atoms with Gasteiger partial charge in [0, 0.05) is 32.1 Å². The molecule has 0 fully saturated rings. The van der Waals surface area contributed by atoms with Crippen LogP contribution >= 0.6 is 0 Å². The normalized spacial score (nSPS) is 10.8. The maximum atomic E-state index is 11.1. The van der Waals surface area contributed by atoms with E-state index >= 15 is 0 Å². The van der Waals surface area contributed by atoms with Crippen LogP contribution in [0.2, 0.25) is 0 Å². The second-order valence-electron chi connectivity index (χ2n) is 4.22. The highest BCUT2D eigenvalue weighted by Gasteiger charge is 1.95. The number of aromatic nitrogens is 2. The lowest BCUT2D eigenvalue weighted by molar-refractivity contribution is 1.03. The first-order chi connectivity index (χ1) is 9.04. The lowest BCUT2D eigenvalue weighted by Gasteiger charge is -2.11. The van der Waals surface area contributed by atoms with Crippen LogP contribution in [0.25, 0.3) is 0 Å². The molecule has 6 heteroatoms. The van der Waals surface area contributed by atoms with Gasteiger partial charge in [-0.05, 0) is 17.7 Å². The zero-order valence-corrected chi connectivity index (χ0v) is 10.7. The molecule has 19 heavy (non-hydrogen) atoms. The average molecular weight is 258 g/mol. The third kappa shape index (κ3) is 3.41. The quantitative estimate of drug-likeness (QED) is 0.802. The third-order valence-corrected chi connectivity index (χ3v) is 2.51. The standard InChI is InChI=1S/C13H14N4O2/c1-17(2)10-5-3-9(4-6-10)8-14-11-7-12(18)16-13(19)15-11/h3-8H,1-2H3,(H2,15,16,18,19). The minimum atomic E-state index is -0.567. The Bertz CT molecular complexity index is 667. The molecule has 1 aromatic heterocycles. The Kier molecular flexibility index (Phi) is 3.61. The Morgan fingerprint density at radius 1 is 1.11 bits per heavy atom. The van der Waals surface area contributed by atoms with E-state index in [0.29, 0.717) is 0 Å². The van der Waals surface area contributed by atoms with Crippen molar-refractivity contribution < 1.29 is 0 Å². The number of aliphatic imine (C=N–C) groups is 1. The summed E-state index contributed by atoms with van der Waals surface area (Å²) in [4.78, 5) is 32.7. The molecule has 0 aliphatic rings. The van der Waals surface area contributed by atoms with Crippen molar-refractivity contribution >= 4 is 17.7 Å². The predicted molar refractivity (Wildman–Crippen MR) is 75.7 cm³/mol. The van der Waals surface area contributed by atoms with Crippen molar-refractivity contribution in [3.05, 3.63) is 56.7 Å². The second kappa shape index (κ2) is 5.34. The first-order valence-electron chi connectivity index (χ1n) is 5.70. The highest BCUT2D eigenvalue weighted by atomic mass is 16.2. The summed E-state index contributed by atoms with van der Waals surface area (Å²) >= 11 is 0. The van der Waals surface area contributed by atoms with Gasteiger partial charge in [0.2, 0.25) is 0 Å². The zero-order chi connectivity index (χ0) is 13.8. The molecule has 2 rings (SSSR count). The fourth-order valence-corrected chi connectivity index (χ4v) is 1.53. The molecule has 0 bridgehead atoms. The molecule has 0 aliphatic carbocycles. The molecule has 2 aromatic rings. The lowest BCUT2D eigenvalue weighted by atomic mass is 10.2. The van der Waals surface area contributed by atoms with Crippen LogP contribution in [0.3, 0.4) is 0 Å². The van der Waals surface area contributed by atoms with Crippen molar-refractivity contribution in [2.24, 2.45) is 4.99 Å². The van der Waals surface area contributed by atoms with Crippen molar-refractivity contribution in [1.82, 2.24) is 9.97 Å². The van der Waals surface area contributed by atoms with E-state index in [1.54, 1.807) is 6.21 Å². The van der Waals surface area contributed by atoms with Gasteiger partial charge >= 0.3 is 5.69 Å². The number of hydrogen-bond acceptors (Lipinski definition) is 4. The summed E-state index contributed by atoms with van der Waals surface area (Å²) in [6.07, 6.45) is 1.59. The van der Waals surface area contributed by atoms with E-state index in [-0.39, 0.29) is 5.82 Å². The molecule has 0 saturated carbocycles. The maximum absolute atomic E-state index is 11.1. The summed E-state index contributed by atoms with van der Waals surface area (Å²) in [5.74, 6) is 0.227. The Morgan fingerprint density at radius 3 is 2.37 bits per heavy atom. The zero-order valence-electron chi connectivity index (χ0n) is 10.7. The third-order valence-electron chi connectivity index (χ3n) is 2.51. The molecule has 0 aliphatic heterocycles. The van der Waals surface area contributed by atoms with E-state index in [1.807, 2.05) is 43.3 Å². The first kappa shape index (κ1) is 12.8. The van der Waals surface area contributed by atoms with Crippen molar-refractivity contribution in [2.45, 2.75) is 0 Å². The summed E-state index contributed by atoms with van der Waals surface area (Å²) in [7, 11) is 3.92. The van der Waals surface area contributed by atoms with Crippen molar-refractivity contribution in [1.29, 1.82) is 0 Å². The lowest BCUT2D eigenvalue weighted by Crippen LogP contribution is -2.20. The molecular formula is C13H14N4O2. The van der Waals surface area contributed by atoms with Gasteiger partial charge in [-0.1, -0.05) is 12.1 Å². The minimum absolute atomic E-state index is 0.227. The van der Waals surface area contributed by atoms with Crippen LogP contribution in [0.4, 0.5) is 11.5 Å². The van der Waals surface area contributed by atoms with E-state index in [0.717, 1.165) is 11.3 Å². The maximum Gasteiger partial charge on any atom is 0.327 e. The number of H-pyrrole nitrogens is 2. The Balaban J connectivity index is 2.22. The monoisotopic (exact) mass is 258 g/mol. The molecule has 0 radical (unpaired) electrons. The van der Waals surface area contributed by atoms with Crippen molar-refractivity contribution in [3.63, 3.8) is 0 Å². The highest BCUT2D eigenvalue weighted by molar-refractivity contribution is 5.82. The fourth-order valence-electron chi connectivity index (χ4n) is 1.53. The van der Waals surface area contributed by atoms with Crippen molar-refractivity contribution in [3.8, 4) is 0 Å². The molecule has 0 spiro atoms. The number of anilines is 1. The number of hydrogen-bond donors (Lipinski definition) is 2. The topological polar surface area (TPSA) is 81.3 Å². The number of aromatic amines is 2. The van der Waals surface area contributed by atoms with E-state index in [2.05, 4.69) is 15.0 Å². The molecule has 0 atom stereocenters. The smallest absolute Gasteiger partial charge is 0.327 e. The number of nitrogens with zero attached hydrogens (tertiary/aromatic N) is 2. The second-order valence-corrected chi connectivity index (χ2v) is 4.22. The van der Waals surface area contributed by atoms with Crippen LogP contribution in [-0.4, -0.2) is 30.3 Å². The van der Waals surface area contributed by atoms with Gasteiger partial charge in [-0.3, -0.25) is 14.8 Å². The first-order valence-corrected chi connectivity index (χ1v) is 5.70. The Morgan fingerprint density at radius 2 is 1.79 bits per heavy atom. The van der Waals surface area contributed by atoms with Gasteiger partial charge in [0.05, 0.1) is 0 Å². The van der Waals surface area contributed by atoms with Gasteiger partial charge in [-0.2, -0.15) is 0 Å². The molecule has 0 saturated heterocycles. The number of benzene rings is 1. The Hall–Kier alpha value is -2.63. The summed E-state index contributed by atoms with van der Waals surface area (Å²) in [5.41, 5.74) is 0.926. The molecule has 98 valence electrons. The van der Waals surface area contributed by atoms with Gasteiger partial charge in [0.1, 0.15) is 5.82 Å². The van der Waals surface area contributed by atoms with E-state index in [9.17, 15) is 9.59 Å². The minimum Gasteiger partial charge on any atom is -0.378 e. The largest absolute Gasteiger partial charge is 0.378 e. The fraction of sp³-hybridized carbons (Fsp3) is 0.154. The van der Waals surface area contributed by atoms with Gasteiger partial charge in [0.25, 0.3) is 5.56 Å². The molecule has 0 amide bonds. The van der Waals surface area contributed by atoms with E-state index in [4.69, 9.17) is 0 Å². The van der Waals surface area contributed by atoms with Gasteiger partial charge < -0.3 is 4.90 Å². The summed E-state index contributed by atoms with van der Waals surface area (Å²) < 4.78 is 0. The summed E-state index contributed by atoms with van der Waals surface area (Å²) in [6, 6.07) is 8.96. The van der Waals surface area contributed by atoms with Gasteiger partial charge in [-0.25, -0.2) is 9.79 Å². The van der Waals surface area contributed by atoms with Crippen LogP contribution in [0.1, 0.15) is 5.56 Å². The van der Waals surface area contributed by atoms with Crippen molar-refractivity contribution in [2.75, 3.05) is 19.0 Å². The van der Waals surface area contributed by atoms with E-state index in [1.165, 1.54) is 6.07 Å². The van der Waals surface area contributed by atoms with Gasteiger partial charge in [-0.15, -0.1) is 0 Å². The van der Waals surface area contributed by atoms with Crippen LogP contribution in [-0.2, 0) is 0 Å². The highest BCUT2D eigenvalue weighted by Crippen LogP contribution is 2.11. The molecule has 0 unspecified atom stereocenters. The molecular weight excluding hydrogens is 244 g/mol. The molecule has 6 nitrogen and oxygen atoms in total. The van der Waals surface area contributed by atoms with Gasteiger partial charge in [0.15, 0.2) is 0 Å². The number of nitrogens with one attached hydrogen (secondary N) is 2. The summed E-state index contributed by atoms with van der Waals surface area (Å²) in [5, 5.41) is 0. The van der Waals surface area contributed by atoms with Crippen LogP contribution in [0, 0.1) is 0 Å². The van der Waals surface area contributed by atoms with E-state index < -0.39 is 11.2 Å². The molecule has 1 aromatic carbocycles. The molecule has 2 N–H and O–H groups in total. The summed E-state index contributed by atoms with van der Waals surface area (Å²) in [6.45, 7) is 0. The average Bonchev–Trinajstić information content (AvgIpc) is 2.36.